The van der Waals surface area contributed by atoms with Crippen LogP contribution in [-0.2, 0) is 30.2 Å². The molecule has 214 valence electrons. The average Bonchev–Trinajstić information content (AvgIpc) is 3.38. The average molecular weight is 570 g/mol. The molecule has 1 aromatic carbocycles. The summed E-state index contributed by atoms with van der Waals surface area (Å²) in [7, 11) is 0. The molecule has 40 heavy (non-hydrogen) atoms. The molecule has 4 atom stereocenters. The summed E-state index contributed by atoms with van der Waals surface area (Å²) in [6.45, 7) is 4.72. The molecule has 0 aliphatic carbocycles. The minimum atomic E-state index is -1.05. The summed E-state index contributed by atoms with van der Waals surface area (Å²) >= 11 is 1.54. The van der Waals surface area contributed by atoms with Gasteiger partial charge in [-0.05, 0) is 48.4 Å². The van der Waals surface area contributed by atoms with Crippen molar-refractivity contribution in [1.29, 1.82) is 0 Å². The van der Waals surface area contributed by atoms with Crippen LogP contribution in [0.2, 0.25) is 0 Å². The minimum Gasteiger partial charge on any atom is -0.462 e. The lowest BCUT2D eigenvalue weighted by atomic mass is 9.91. The molecule has 10 heteroatoms. The molecule has 0 spiro atoms. The number of aliphatic hydroxyl groups excluding tert-OH is 1. The summed E-state index contributed by atoms with van der Waals surface area (Å²) < 4.78 is 23.1. The maximum absolute atomic E-state index is 12.8. The van der Waals surface area contributed by atoms with Gasteiger partial charge in [-0.2, -0.15) is 0 Å². The predicted octanol–water partition coefficient (Wildman–Crippen LogP) is 4.54. The monoisotopic (exact) mass is 569 g/mol. The lowest BCUT2D eigenvalue weighted by Gasteiger charge is -2.37. The molecule has 1 amide bonds. The Balaban J connectivity index is 1.34. The Morgan fingerprint density at radius 2 is 2.00 bits per heavy atom. The van der Waals surface area contributed by atoms with Crippen LogP contribution >= 0.6 is 11.3 Å². The number of hydrogen-bond donors (Lipinski definition) is 2. The summed E-state index contributed by atoms with van der Waals surface area (Å²) in [5, 5.41) is 15.2. The smallest absolute Gasteiger partial charge is 0.345 e. The van der Waals surface area contributed by atoms with Crippen LogP contribution in [0, 0.1) is 0 Å². The lowest BCUT2D eigenvalue weighted by Crippen LogP contribution is -2.41. The van der Waals surface area contributed by atoms with Crippen LogP contribution in [0.4, 0.5) is 0 Å². The van der Waals surface area contributed by atoms with Gasteiger partial charge in [0.05, 0.1) is 18.3 Å². The van der Waals surface area contributed by atoms with Crippen LogP contribution in [0.25, 0.3) is 6.08 Å². The molecule has 0 unspecified atom stereocenters. The van der Waals surface area contributed by atoms with Crippen molar-refractivity contribution < 1.29 is 38.4 Å². The fourth-order valence-corrected chi connectivity index (χ4v) is 5.52. The number of benzene rings is 1. The van der Waals surface area contributed by atoms with E-state index in [0.29, 0.717) is 43.4 Å². The first-order valence-corrected chi connectivity index (χ1v) is 14.2. The number of carbonyl (C=O) groups is 3. The maximum atomic E-state index is 12.8. The van der Waals surface area contributed by atoms with Gasteiger partial charge < -0.3 is 29.4 Å². The van der Waals surface area contributed by atoms with Gasteiger partial charge in [-0.25, -0.2) is 4.79 Å². The Hall–Kier alpha value is -3.47. The van der Waals surface area contributed by atoms with E-state index >= 15 is 0 Å². The van der Waals surface area contributed by atoms with Crippen molar-refractivity contribution in [2.24, 2.45) is 0 Å². The third-order valence-electron chi connectivity index (χ3n) is 6.46. The number of esters is 2. The van der Waals surface area contributed by atoms with Gasteiger partial charge in [0.15, 0.2) is 0 Å². The SMILES string of the molecule is CC(=O)O[C@@H]1C[C@H](Cc2cccc3c2C(=O)OC(C)(C)O3)O[C@@H](C[C@@H](O)C/C=C/NC(=O)/C=C/c2cccs2)C1. The molecular weight excluding hydrogens is 534 g/mol. The molecule has 3 heterocycles. The Bertz CT molecular complexity index is 1250. The Labute approximate surface area is 237 Å². The molecule has 0 saturated carbocycles. The zero-order chi connectivity index (χ0) is 28.7. The predicted molar refractivity (Wildman–Crippen MR) is 150 cm³/mol. The molecule has 0 radical (unpaired) electrons. The van der Waals surface area contributed by atoms with Crippen LogP contribution in [-0.4, -0.2) is 53.2 Å². The fraction of sp³-hybridized carbons (Fsp3) is 0.433. The number of aliphatic hydroxyl groups is 1. The van der Waals surface area contributed by atoms with Crippen LogP contribution < -0.4 is 10.1 Å². The number of thiophene rings is 1. The molecule has 2 N–H and O–H groups in total. The molecule has 2 aromatic rings. The molecule has 2 aliphatic rings. The van der Waals surface area contributed by atoms with Gasteiger partial charge in [-0.15, -0.1) is 11.3 Å². The van der Waals surface area contributed by atoms with E-state index < -0.39 is 17.9 Å². The normalized spacial score (nSPS) is 22.8. The molecule has 1 saturated heterocycles. The van der Waals surface area contributed by atoms with Gasteiger partial charge in [0.2, 0.25) is 11.7 Å². The Morgan fingerprint density at radius 3 is 2.75 bits per heavy atom. The zero-order valence-corrected chi connectivity index (χ0v) is 23.6. The maximum Gasteiger partial charge on any atom is 0.345 e. The summed E-state index contributed by atoms with van der Waals surface area (Å²) in [5.74, 6) is -1.69. The lowest BCUT2D eigenvalue weighted by molar-refractivity contribution is -0.161. The van der Waals surface area contributed by atoms with E-state index in [1.165, 1.54) is 30.5 Å². The topological polar surface area (TPSA) is 120 Å². The van der Waals surface area contributed by atoms with E-state index in [1.54, 1.807) is 32.1 Å². The number of rotatable bonds is 10. The number of amides is 1. The van der Waals surface area contributed by atoms with Gasteiger partial charge >= 0.3 is 11.9 Å². The molecule has 4 rings (SSSR count). The molecule has 1 fully saturated rings. The van der Waals surface area contributed by atoms with E-state index in [1.807, 2.05) is 29.6 Å². The van der Waals surface area contributed by atoms with Gasteiger partial charge in [0.1, 0.15) is 17.4 Å². The van der Waals surface area contributed by atoms with E-state index in [2.05, 4.69) is 5.32 Å². The second-order valence-electron chi connectivity index (χ2n) is 10.4. The van der Waals surface area contributed by atoms with Crippen LogP contribution in [0.15, 0.2) is 54.1 Å². The highest BCUT2D eigenvalue weighted by Gasteiger charge is 2.37. The molecule has 2 aliphatic heterocycles. The van der Waals surface area contributed by atoms with Crippen molar-refractivity contribution >= 4 is 35.3 Å². The van der Waals surface area contributed by atoms with Crippen molar-refractivity contribution in [2.45, 2.75) is 83.1 Å². The summed E-state index contributed by atoms with van der Waals surface area (Å²) in [5.41, 5.74) is 1.09. The Kier molecular flexibility index (Phi) is 9.78. The van der Waals surface area contributed by atoms with Crippen LogP contribution in [0.5, 0.6) is 5.75 Å². The van der Waals surface area contributed by atoms with Gasteiger partial charge in [0, 0.05) is 50.8 Å². The largest absolute Gasteiger partial charge is 0.462 e. The molecule has 9 nitrogen and oxygen atoms in total. The van der Waals surface area contributed by atoms with E-state index in [-0.39, 0.29) is 30.2 Å². The van der Waals surface area contributed by atoms with Gasteiger partial charge in [-0.3, -0.25) is 9.59 Å². The third kappa shape index (κ3) is 8.51. The number of cyclic esters (lactones) is 1. The number of fused-ring (bicyclic) bond motifs is 1. The molecule has 1 aromatic heterocycles. The second-order valence-corrected chi connectivity index (χ2v) is 11.3. The quantitative estimate of drug-likeness (QED) is 0.316. The number of carbonyl (C=O) groups excluding carboxylic acids is 3. The number of nitrogens with one attached hydrogen (secondary N) is 1. The highest BCUT2D eigenvalue weighted by atomic mass is 32.1. The van der Waals surface area contributed by atoms with E-state index in [0.717, 1.165) is 10.4 Å². The Morgan fingerprint density at radius 1 is 1.20 bits per heavy atom. The summed E-state index contributed by atoms with van der Waals surface area (Å²) in [4.78, 5) is 37.4. The number of ether oxygens (including phenoxy) is 4. The highest BCUT2D eigenvalue weighted by Crippen LogP contribution is 2.35. The standard InChI is InChI=1S/C30H35NO8S/c1-19(32)36-24-17-22(15-20-7-4-10-26-28(20)29(35)39-30(2,3)38-26)37-23(18-24)16-21(33)8-5-13-31-27(34)12-11-25-9-6-14-40-25/h4-7,9-14,21-24,33H,8,15-18H2,1-3H3,(H,31,34)/b12-11+,13-5+/t21-,22-,23-,24+/m0/s1. The molecular formula is C30H35NO8S. The van der Waals surface area contributed by atoms with Crippen molar-refractivity contribution in [3.8, 4) is 5.75 Å². The first kappa shape index (κ1) is 29.5. The first-order chi connectivity index (χ1) is 19.1. The third-order valence-corrected chi connectivity index (χ3v) is 7.29. The van der Waals surface area contributed by atoms with Crippen molar-refractivity contribution in [3.63, 3.8) is 0 Å². The fourth-order valence-electron chi connectivity index (χ4n) is 4.91. The van der Waals surface area contributed by atoms with Crippen LogP contribution in [0.3, 0.4) is 0 Å². The molecule has 0 bridgehead atoms. The van der Waals surface area contributed by atoms with Crippen LogP contribution in [0.1, 0.15) is 67.3 Å². The van der Waals surface area contributed by atoms with Crippen molar-refractivity contribution in [2.75, 3.05) is 0 Å². The minimum absolute atomic E-state index is 0.261. The number of hydrogen-bond acceptors (Lipinski definition) is 9. The first-order valence-electron chi connectivity index (χ1n) is 13.3. The second kappa shape index (κ2) is 13.3. The summed E-state index contributed by atoms with van der Waals surface area (Å²) in [6, 6.07) is 9.22. The van der Waals surface area contributed by atoms with E-state index in [9.17, 15) is 19.5 Å². The van der Waals surface area contributed by atoms with Gasteiger partial charge in [-0.1, -0.05) is 24.3 Å². The van der Waals surface area contributed by atoms with Crippen molar-refractivity contribution in [3.05, 3.63) is 70.1 Å². The zero-order valence-electron chi connectivity index (χ0n) is 22.8. The van der Waals surface area contributed by atoms with Gasteiger partial charge in [0.25, 0.3) is 0 Å². The van der Waals surface area contributed by atoms with Crippen molar-refractivity contribution in [1.82, 2.24) is 5.32 Å². The highest BCUT2D eigenvalue weighted by molar-refractivity contribution is 7.10. The van der Waals surface area contributed by atoms with E-state index in [4.69, 9.17) is 18.9 Å². The summed E-state index contributed by atoms with van der Waals surface area (Å²) in [6.07, 6.45) is 6.49.